The summed E-state index contributed by atoms with van der Waals surface area (Å²) in [4.78, 5) is 23.5. The molecule has 6 rings (SSSR count). The Morgan fingerprint density at radius 1 is 0.649 bits per heavy atom. The van der Waals surface area contributed by atoms with Crippen molar-refractivity contribution in [1.82, 2.24) is 9.97 Å². The molecule has 0 atom stereocenters. The molecule has 0 saturated carbocycles. The highest BCUT2D eigenvalue weighted by Gasteiger charge is 2.31. The van der Waals surface area contributed by atoms with E-state index in [0.29, 0.717) is 0 Å². The molecule has 0 aliphatic carbocycles. The van der Waals surface area contributed by atoms with Gasteiger partial charge in [-0.05, 0) is 98.5 Å². The molecule has 0 N–H and O–H groups in total. The monoisotopic (exact) mass is 486 g/mol. The first-order valence-electron chi connectivity index (χ1n) is 12.7. The van der Waals surface area contributed by atoms with Crippen LogP contribution < -0.4 is 9.80 Å². The lowest BCUT2D eigenvalue weighted by molar-refractivity contribution is 0.647. The van der Waals surface area contributed by atoms with Crippen molar-refractivity contribution in [2.75, 3.05) is 16.5 Å². The quantitative estimate of drug-likeness (QED) is 0.309. The Balaban J connectivity index is 1.29. The van der Waals surface area contributed by atoms with Crippen LogP contribution in [-0.2, 0) is 13.1 Å². The molecular formula is C31H30N6. The summed E-state index contributed by atoms with van der Waals surface area (Å²) in [6, 6.07) is 20.8. The number of anilines is 2. The van der Waals surface area contributed by atoms with Crippen LogP contribution in [0.15, 0.2) is 70.6 Å². The fourth-order valence-electron chi connectivity index (χ4n) is 5.53. The molecule has 0 amide bonds. The lowest BCUT2D eigenvalue weighted by Gasteiger charge is -2.46. The molecular weight excluding hydrogens is 456 g/mol. The third-order valence-electron chi connectivity index (χ3n) is 6.94. The van der Waals surface area contributed by atoms with Crippen molar-refractivity contribution in [3.05, 3.63) is 106 Å². The Bertz CT molecular complexity index is 1450. The summed E-state index contributed by atoms with van der Waals surface area (Å²) < 4.78 is 0. The van der Waals surface area contributed by atoms with Gasteiger partial charge < -0.3 is 9.80 Å². The van der Waals surface area contributed by atoms with Gasteiger partial charge in [0.25, 0.3) is 0 Å². The number of aryl methyl sites for hydroxylation is 4. The van der Waals surface area contributed by atoms with E-state index < -0.39 is 0 Å². The Morgan fingerprint density at radius 2 is 1.11 bits per heavy atom. The number of fused-ring (bicyclic) bond motifs is 6. The van der Waals surface area contributed by atoms with Crippen LogP contribution in [0.4, 0.5) is 22.7 Å². The topological polar surface area (TPSA) is 57.0 Å². The van der Waals surface area contributed by atoms with Crippen LogP contribution in [-0.4, -0.2) is 29.1 Å². The van der Waals surface area contributed by atoms with Crippen LogP contribution in [0.1, 0.15) is 45.0 Å². The van der Waals surface area contributed by atoms with Crippen molar-refractivity contribution in [3.8, 4) is 0 Å². The molecule has 4 aromatic rings. The Hall–Kier alpha value is -4.32. The van der Waals surface area contributed by atoms with Gasteiger partial charge in [-0.1, -0.05) is 12.1 Å². The number of nitrogens with zero attached hydrogens (tertiary/aromatic N) is 6. The van der Waals surface area contributed by atoms with Crippen LogP contribution in [0.5, 0.6) is 0 Å². The third kappa shape index (κ3) is 4.62. The average Bonchev–Trinajstić information content (AvgIpc) is 2.86. The van der Waals surface area contributed by atoms with Crippen LogP contribution >= 0.6 is 0 Å². The summed E-state index contributed by atoms with van der Waals surface area (Å²) in [6.45, 7) is 11.0. The predicted octanol–water partition coefficient (Wildman–Crippen LogP) is 6.51. The van der Waals surface area contributed by atoms with E-state index in [1.807, 2.05) is 62.7 Å². The summed E-state index contributed by atoms with van der Waals surface area (Å²) in [6.07, 6.45) is 3.71. The Labute approximate surface area is 218 Å². The molecule has 6 heteroatoms. The van der Waals surface area contributed by atoms with Crippen molar-refractivity contribution in [3.63, 3.8) is 0 Å². The van der Waals surface area contributed by atoms with Crippen LogP contribution in [0.2, 0.25) is 0 Å². The summed E-state index contributed by atoms with van der Waals surface area (Å²) >= 11 is 0. The van der Waals surface area contributed by atoms with Crippen LogP contribution in [0, 0.1) is 27.7 Å². The lowest BCUT2D eigenvalue weighted by Crippen LogP contribution is -2.46. The normalized spacial score (nSPS) is 14.4. The van der Waals surface area contributed by atoms with E-state index in [4.69, 9.17) is 9.98 Å². The zero-order valence-electron chi connectivity index (χ0n) is 21.7. The number of hydrogen-bond donors (Lipinski definition) is 0. The predicted molar refractivity (Wildman–Crippen MR) is 152 cm³/mol. The first-order chi connectivity index (χ1) is 17.9. The fraction of sp³-hybridized carbons (Fsp3) is 0.226. The summed E-state index contributed by atoms with van der Waals surface area (Å²) in [7, 11) is 0. The van der Waals surface area contributed by atoms with Gasteiger partial charge in [0.05, 0.1) is 41.9 Å². The zero-order chi connectivity index (χ0) is 25.5. The number of benzene rings is 2. The first-order valence-corrected chi connectivity index (χ1v) is 12.7. The SMILES string of the molecule is Cc1cccc(C=Nc2cc(C)c3c(c2)CN2CN3Cc3cc(N=Cc4cccc(C)n4)cc(C)c32)n1. The maximum atomic E-state index is 4.76. The third-order valence-corrected chi connectivity index (χ3v) is 6.94. The zero-order valence-corrected chi connectivity index (χ0v) is 21.7. The highest BCUT2D eigenvalue weighted by molar-refractivity contribution is 5.82. The molecule has 184 valence electrons. The fourth-order valence-corrected chi connectivity index (χ4v) is 5.53. The van der Waals surface area contributed by atoms with Crippen molar-refractivity contribution >= 4 is 35.2 Å². The highest BCUT2D eigenvalue weighted by Crippen LogP contribution is 2.43. The minimum Gasteiger partial charge on any atom is -0.349 e. The van der Waals surface area contributed by atoms with E-state index in [1.165, 1.54) is 33.6 Å². The van der Waals surface area contributed by atoms with Gasteiger partial charge in [0.1, 0.15) is 0 Å². The molecule has 2 aromatic carbocycles. The molecule has 37 heavy (non-hydrogen) atoms. The Morgan fingerprint density at radius 3 is 1.54 bits per heavy atom. The van der Waals surface area contributed by atoms with E-state index in [-0.39, 0.29) is 0 Å². The molecule has 0 unspecified atom stereocenters. The van der Waals surface area contributed by atoms with Gasteiger partial charge in [-0.25, -0.2) is 0 Å². The van der Waals surface area contributed by atoms with Gasteiger partial charge in [-0.2, -0.15) is 0 Å². The van der Waals surface area contributed by atoms with Crippen molar-refractivity contribution in [2.45, 2.75) is 40.8 Å². The maximum absolute atomic E-state index is 4.76. The van der Waals surface area contributed by atoms with E-state index >= 15 is 0 Å². The molecule has 0 radical (unpaired) electrons. The molecule has 0 saturated heterocycles. The van der Waals surface area contributed by atoms with E-state index in [2.05, 4.69) is 57.9 Å². The maximum Gasteiger partial charge on any atom is 0.0910 e. The molecule has 2 bridgehead atoms. The second kappa shape index (κ2) is 9.28. The molecule has 2 aromatic heterocycles. The average molecular weight is 487 g/mol. The molecule has 6 nitrogen and oxygen atoms in total. The molecule has 2 aliphatic rings. The summed E-state index contributed by atoms with van der Waals surface area (Å²) in [5, 5.41) is 0. The standard InChI is InChI=1S/C31H30N6/c1-20-11-28(32-15-26-9-5-7-22(3)34-26)13-24-17-37-19-36(30(20)24)18-25-14-29(12-21(2)31(25)37)33-16-27-10-6-8-23(4)35-27/h5-16H,17-19H2,1-4H3. The van der Waals surface area contributed by atoms with E-state index in [9.17, 15) is 0 Å². The van der Waals surface area contributed by atoms with Gasteiger partial charge in [0.15, 0.2) is 0 Å². The van der Waals surface area contributed by atoms with Crippen LogP contribution in [0.3, 0.4) is 0 Å². The molecule has 0 fully saturated rings. The minimum atomic E-state index is 0.863. The van der Waals surface area contributed by atoms with Crippen molar-refractivity contribution in [1.29, 1.82) is 0 Å². The van der Waals surface area contributed by atoms with Crippen molar-refractivity contribution < 1.29 is 0 Å². The summed E-state index contributed by atoms with van der Waals surface area (Å²) in [5.74, 6) is 0. The number of hydrogen-bond acceptors (Lipinski definition) is 6. The first kappa shape index (κ1) is 23.1. The minimum absolute atomic E-state index is 0.863. The molecule has 2 aliphatic heterocycles. The van der Waals surface area contributed by atoms with Crippen molar-refractivity contribution in [2.24, 2.45) is 9.98 Å². The van der Waals surface area contributed by atoms with Gasteiger partial charge in [0, 0.05) is 35.9 Å². The summed E-state index contributed by atoms with van der Waals surface area (Å²) in [5.41, 5.74) is 13.4. The van der Waals surface area contributed by atoms with Gasteiger partial charge >= 0.3 is 0 Å². The number of aromatic nitrogens is 2. The lowest BCUT2D eigenvalue weighted by atomic mass is 9.96. The number of rotatable bonds is 4. The largest absolute Gasteiger partial charge is 0.349 e. The van der Waals surface area contributed by atoms with Gasteiger partial charge in [0.2, 0.25) is 0 Å². The second-order valence-electron chi connectivity index (χ2n) is 10.0. The van der Waals surface area contributed by atoms with Crippen LogP contribution in [0.25, 0.3) is 0 Å². The van der Waals surface area contributed by atoms with E-state index in [0.717, 1.165) is 53.9 Å². The molecule has 4 heterocycles. The second-order valence-corrected chi connectivity index (χ2v) is 10.0. The number of aliphatic imine (C=N–C) groups is 2. The van der Waals surface area contributed by atoms with Gasteiger partial charge in [-0.3, -0.25) is 20.0 Å². The van der Waals surface area contributed by atoms with Gasteiger partial charge in [-0.15, -0.1) is 0 Å². The molecule has 0 spiro atoms. The number of pyridine rings is 2. The highest BCUT2D eigenvalue weighted by atomic mass is 15.4. The Kier molecular flexibility index (Phi) is 5.80. The van der Waals surface area contributed by atoms with E-state index in [1.54, 1.807) is 0 Å². The smallest absolute Gasteiger partial charge is 0.0910 e.